The quantitative estimate of drug-likeness (QED) is 0.811. The standard InChI is InChI=1S/C13H21N3O3/c1-9-13(14)10(2)16(15-9)8-12(17)19-7-5-11-4-3-6-18-11/h11H,3-8,14H2,1-2H3. The summed E-state index contributed by atoms with van der Waals surface area (Å²) in [5.41, 5.74) is 7.98. The third-order valence-corrected chi connectivity index (χ3v) is 3.44. The normalized spacial score (nSPS) is 18.7. The highest BCUT2D eigenvalue weighted by molar-refractivity contribution is 5.69. The molecule has 0 bridgehead atoms. The molecule has 0 aromatic carbocycles. The molecule has 1 atom stereocenters. The van der Waals surface area contributed by atoms with Crippen LogP contribution in [0.1, 0.15) is 30.7 Å². The van der Waals surface area contributed by atoms with Crippen molar-refractivity contribution in [3.8, 4) is 0 Å². The van der Waals surface area contributed by atoms with E-state index in [1.807, 2.05) is 13.8 Å². The van der Waals surface area contributed by atoms with Gasteiger partial charge in [-0.25, -0.2) is 0 Å². The van der Waals surface area contributed by atoms with E-state index in [0.29, 0.717) is 12.3 Å². The van der Waals surface area contributed by atoms with Gasteiger partial charge in [-0.1, -0.05) is 0 Å². The fraction of sp³-hybridized carbons (Fsp3) is 0.692. The lowest BCUT2D eigenvalue weighted by atomic mass is 10.2. The predicted octanol–water partition coefficient (Wildman–Crippen LogP) is 1.19. The summed E-state index contributed by atoms with van der Waals surface area (Å²) in [5, 5.41) is 4.20. The van der Waals surface area contributed by atoms with E-state index >= 15 is 0 Å². The molecular weight excluding hydrogens is 246 g/mol. The summed E-state index contributed by atoms with van der Waals surface area (Å²) in [4.78, 5) is 11.7. The van der Waals surface area contributed by atoms with Crippen molar-refractivity contribution in [2.24, 2.45) is 0 Å². The van der Waals surface area contributed by atoms with Gasteiger partial charge in [0, 0.05) is 13.0 Å². The van der Waals surface area contributed by atoms with E-state index in [0.717, 1.165) is 37.3 Å². The SMILES string of the molecule is Cc1nn(CC(=O)OCCC2CCCO2)c(C)c1N. The Bertz CT molecular complexity index is 450. The molecule has 1 aromatic heterocycles. The van der Waals surface area contributed by atoms with E-state index in [2.05, 4.69) is 5.10 Å². The predicted molar refractivity (Wildman–Crippen MR) is 70.7 cm³/mol. The van der Waals surface area contributed by atoms with Crippen LogP contribution in [0.5, 0.6) is 0 Å². The fourth-order valence-electron chi connectivity index (χ4n) is 2.21. The average Bonchev–Trinajstić information content (AvgIpc) is 2.96. The second kappa shape index (κ2) is 6.06. The maximum absolute atomic E-state index is 11.7. The number of esters is 1. The van der Waals surface area contributed by atoms with Gasteiger partial charge in [-0.3, -0.25) is 9.48 Å². The Morgan fingerprint density at radius 3 is 2.95 bits per heavy atom. The van der Waals surface area contributed by atoms with Crippen molar-refractivity contribution in [2.45, 2.75) is 45.8 Å². The van der Waals surface area contributed by atoms with Gasteiger partial charge in [0.25, 0.3) is 0 Å². The lowest BCUT2D eigenvalue weighted by Gasteiger charge is -2.10. The van der Waals surface area contributed by atoms with Gasteiger partial charge in [0.05, 0.1) is 29.8 Å². The molecule has 0 amide bonds. The number of ether oxygens (including phenoxy) is 2. The van der Waals surface area contributed by atoms with E-state index in [4.69, 9.17) is 15.2 Å². The zero-order chi connectivity index (χ0) is 13.8. The number of hydrogen-bond donors (Lipinski definition) is 1. The van der Waals surface area contributed by atoms with Crippen LogP contribution in [-0.2, 0) is 20.8 Å². The number of aromatic nitrogens is 2. The van der Waals surface area contributed by atoms with Gasteiger partial charge in [-0.2, -0.15) is 5.10 Å². The maximum Gasteiger partial charge on any atom is 0.327 e. The van der Waals surface area contributed by atoms with Crippen molar-refractivity contribution >= 4 is 11.7 Å². The summed E-state index contributed by atoms with van der Waals surface area (Å²) in [5.74, 6) is -0.288. The zero-order valence-electron chi connectivity index (χ0n) is 11.5. The number of aryl methyl sites for hydroxylation is 1. The van der Waals surface area contributed by atoms with E-state index in [-0.39, 0.29) is 18.6 Å². The topological polar surface area (TPSA) is 79.4 Å². The van der Waals surface area contributed by atoms with Crippen molar-refractivity contribution in [1.29, 1.82) is 0 Å². The number of nitrogen functional groups attached to an aromatic ring is 1. The van der Waals surface area contributed by atoms with Crippen LogP contribution in [0.15, 0.2) is 0 Å². The summed E-state index contributed by atoms with van der Waals surface area (Å²) < 4.78 is 12.2. The maximum atomic E-state index is 11.7. The molecule has 2 heterocycles. The first-order valence-corrected chi connectivity index (χ1v) is 6.64. The summed E-state index contributed by atoms with van der Waals surface area (Å²) in [6, 6.07) is 0. The fourth-order valence-corrected chi connectivity index (χ4v) is 2.21. The molecule has 1 aliphatic rings. The molecule has 6 heteroatoms. The van der Waals surface area contributed by atoms with Crippen LogP contribution >= 0.6 is 0 Å². The molecule has 2 N–H and O–H groups in total. The van der Waals surface area contributed by atoms with Gasteiger partial charge < -0.3 is 15.2 Å². The molecule has 19 heavy (non-hydrogen) atoms. The minimum Gasteiger partial charge on any atom is -0.464 e. The largest absolute Gasteiger partial charge is 0.464 e. The highest BCUT2D eigenvalue weighted by Gasteiger charge is 2.16. The number of nitrogens with zero attached hydrogens (tertiary/aromatic N) is 2. The summed E-state index contributed by atoms with van der Waals surface area (Å²) in [6.07, 6.45) is 3.18. The number of hydrogen-bond acceptors (Lipinski definition) is 5. The summed E-state index contributed by atoms with van der Waals surface area (Å²) in [7, 11) is 0. The van der Waals surface area contributed by atoms with Crippen molar-refractivity contribution in [3.63, 3.8) is 0 Å². The Morgan fingerprint density at radius 1 is 1.58 bits per heavy atom. The molecule has 2 rings (SSSR count). The highest BCUT2D eigenvalue weighted by Crippen LogP contribution is 2.16. The van der Waals surface area contributed by atoms with Crippen LogP contribution in [0.4, 0.5) is 5.69 Å². The van der Waals surface area contributed by atoms with Crippen molar-refractivity contribution < 1.29 is 14.3 Å². The highest BCUT2D eigenvalue weighted by atomic mass is 16.5. The first-order chi connectivity index (χ1) is 9.08. The lowest BCUT2D eigenvalue weighted by Crippen LogP contribution is -2.18. The van der Waals surface area contributed by atoms with Crippen LogP contribution in [0.25, 0.3) is 0 Å². The van der Waals surface area contributed by atoms with Crippen molar-refractivity contribution in [1.82, 2.24) is 9.78 Å². The average molecular weight is 267 g/mol. The van der Waals surface area contributed by atoms with Crippen LogP contribution in [0.3, 0.4) is 0 Å². The minimum atomic E-state index is -0.288. The Balaban J connectivity index is 1.75. The third kappa shape index (κ3) is 3.47. The first-order valence-electron chi connectivity index (χ1n) is 6.64. The molecule has 1 saturated heterocycles. The van der Waals surface area contributed by atoms with E-state index in [1.54, 1.807) is 4.68 Å². The number of carbonyl (C=O) groups excluding carboxylic acids is 1. The van der Waals surface area contributed by atoms with Crippen LogP contribution in [0.2, 0.25) is 0 Å². The molecule has 0 spiro atoms. The Labute approximate surface area is 112 Å². The van der Waals surface area contributed by atoms with E-state index in [9.17, 15) is 4.79 Å². The van der Waals surface area contributed by atoms with Crippen molar-refractivity contribution in [2.75, 3.05) is 18.9 Å². The molecule has 0 saturated carbocycles. The Hall–Kier alpha value is -1.56. The van der Waals surface area contributed by atoms with Crippen molar-refractivity contribution in [3.05, 3.63) is 11.4 Å². The molecule has 1 aliphatic heterocycles. The number of anilines is 1. The van der Waals surface area contributed by atoms with Gasteiger partial charge in [0.15, 0.2) is 0 Å². The number of rotatable bonds is 5. The summed E-state index contributed by atoms with van der Waals surface area (Å²) in [6.45, 7) is 4.99. The monoisotopic (exact) mass is 267 g/mol. The first kappa shape index (κ1) is 13.9. The molecule has 1 fully saturated rings. The van der Waals surface area contributed by atoms with Gasteiger partial charge in [0.1, 0.15) is 6.54 Å². The van der Waals surface area contributed by atoms with Crippen LogP contribution in [-0.4, -0.2) is 35.1 Å². The van der Waals surface area contributed by atoms with E-state index < -0.39 is 0 Å². The molecule has 0 radical (unpaired) electrons. The Kier molecular flexibility index (Phi) is 4.42. The van der Waals surface area contributed by atoms with Gasteiger partial charge in [0.2, 0.25) is 0 Å². The zero-order valence-corrected chi connectivity index (χ0v) is 11.5. The van der Waals surface area contributed by atoms with Crippen LogP contribution in [0, 0.1) is 13.8 Å². The molecule has 0 aliphatic carbocycles. The van der Waals surface area contributed by atoms with Gasteiger partial charge in [-0.15, -0.1) is 0 Å². The molecule has 1 aromatic rings. The van der Waals surface area contributed by atoms with Gasteiger partial charge in [-0.05, 0) is 26.7 Å². The number of carbonyl (C=O) groups is 1. The third-order valence-electron chi connectivity index (χ3n) is 3.44. The van der Waals surface area contributed by atoms with Gasteiger partial charge >= 0.3 is 5.97 Å². The Morgan fingerprint density at radius 2 is 2.37 bits per heavy atom. The molecule has 6 nitrogen and oxygen atoms in total. The van der Waals surface area contributed by atoms with E-state index in [1.165, 1.54) is 0 Å². The van der Waals surface area contributed by atoms with Crippen LogP contribution < -0.4 is 5.73 Å². The minimum absolute atomic E-state index is 0.107. The number of nitrogens with two attached hydrogens (primary N) is 1. The second-order valence-corrected chi connectivity index (χ2v) is 4.89. The second-order valence-electron chi connectivity index (χ2n) is 4.89. The smallest absolute Gasteiger partial charge is 0.327 e. The summed E-state index contributed by atoms with van der Waals surface area (Å²) >= 11 is 0. The molecule has 106 valence electrons. The molecule has 1 unspecified atom stereocenters. The lowest BCUT2D eigenvalue weighted by molar-refractivity contribution is -0.145. The molecular formula is C13H21N3O3.